The van der Waals surface area contributed by atoms with Gasteiger partial charge in [0.1, 0.15) is 16.6 Å². The molecule has 1 aromatic heterocycles. The number of fused-ring (bicyclic) bond motifs is 2. The number of ether oxygens (including phenoxy) is 1. The largest absolute Gasteiger partial charge is 0.438 e. The Morgan fingerprint density at radius 1 is 1.09 bits per heavy atom. The highest BCUT2D eigenvalue weighted by atomic mass is 35.5. The van der Waals surface area contributed by atoms with Gasteiger partial charge in [-0.1, -0.05) is 41.1 Å². The number of carbonyl (C=O) groups is 1. The molecule has 5 nitrogen and oxygen atoms in total. The Labute approximate surface area is 205 Å². The fourth-order valence-electron chi connectivity index (χ4n) is 3.63. The van der Waals surface area contributed by atoms with Crippen LogP contribution < -0.4 is 10.1 Å². The smallest absolute Gasteiger partial charge is 0.234 e. The topological polar surface area (TPSA) is 64.1 Å². The number of nitrogens with one attached hydrogen (secondary N) is 1. The van der Waals surface area contributed by atoms with Crippen LogP contribution in [0.15, 0.2) is 71.8 Å². The zero-order valence-electron chi connectivity index (χ0n) is 18.1. The van der Waals surface area contributed by atoms with Crippen LogP contribution in [0.1, 0.15) is 16.7 Å². The molecular weight excluding hydrogens is 473 g/mol. The molecule has 4 aromatic rings. The van der Waals surface area contributed by atoms with E-state index in [0.717, 1.165) is 22.4 Å². The van der Waals surface area contributed by atoms with E-state index in [9.17, 15) is 9.18 Å². The molecule has 0 unspecified atom stereocenters. The second-order valence-corrected chi connectivity index (χ2v) is 9.28. The predicted octanol–water partition coefficient (Wildman–Crippen LogP) is 6.67. The van der Waals surface area contributed by atoms with Crippen LogP contribution in [0.2, 0.25) is 5.02 Å². The maximum atomic E-state index is 13.4. The summed E-state index contributed by atoms with van der Waals surface area (Å²) in [7, 11) is 0. The fraction of sp³-hybridized carbons (Fsp3) is 0.115. The van der Waals surface area contributed by atoms with Gasteiger partial charge in [0.15, 0.2) is 5.82 Å². The summed E-state index contributed by atoms with van der Waals surface area (Å²) < 4.78 is 19.6. The standard InChI is InChI=1S/C26H19ClFN3O2S/c1-15-2-11-22-17(12-15)13-21-25(33-22)30-24(16-3-7-19(28)8-4-16)31-26(21)34-14-23(32)29-20-9-5-18(27)6-10-20/h2-12H,13-14H2,1H3,(H,29,32). The lowest BCUT2D eigenvalue weighted by molar-refractivity contribution is -0.113. The number of rotatable bonds is 5. The zero-order valence-corrected chi connectivity index (χ0v) is 19.7. The number of benzene rings is 3. The van der Waals surface area contributed by atoms with Crippen molar-refractivity contribution >= 4 is 35.0 Å². The van der Waals surface area contributed by atoms with Crippen molar-refractivity contribution < 1.29 is 13.9 Å². The van der Waals surface area contributed by atoms with E-state index in [-0.39, 0.29) is 17.5 Å². The first-order valence-corrected chi connectivity index (χ1v) is 11.9. The molecule has 1 aliphatic rings. The Morgan fingerprint density at radius 3 is 2.62 bits per heavy atom. The van der Waals surface area contributed by atoms with Gasteiger partial charge in [0.25, 0.3) is 0 Å². The molecule has 0 fully saturated rings. The third-order valence-electron chi connectivity index (χ3n) is 5.29. The number of hydrogen-bond donors (Lipinski definition) is 1. The Balaban J connectivity index is 1.44. The van der Waals surface area contributed by atoms with Crippen LogP contribution in [0.3, 0.4) is 0 Å². The maximum absolute atomic E-state index is 13.4. The van der Waals surface area contributed by atoms with E-state index in [2.05, 4.69) is 16.4 Å². The summed E-state index contributed by atoms with van der Waals surface area (Å²) in [5.74, 6) is 1.25. The highest BCUT2D eigenvalue weighted by Gasteiger charge is 2.25. The van der Waals surface area contributed by atoms with Crippen LogP contribution in [-0.2, 0) is 11.2 Å². The number of aromatic nitrogens is 2. The molecule has 0 radical (unpaired) electrons. The molecule has 0 atom stereocenters. The minimum atomic E-state index is -0.337. The molecule has 1 N–H and O–H groups in total. The first-order valence-electron chi connectivity index (χ1n) is 10.6. The van der Waals surface area contributed by atoms with Gasteiger partial charge >= 0.3 is 0 Å². The number of nitrogens with zero attached hydrogens (tertiary/aromatic N) is 2. The van der Waals surface area contributed by atoms with Gasteiger partial charge in [-0.2, -0.15) is 4.98 Å². The Kier molecular flexibility index (Phi) is 6.22. The Hall–Kier alpha value is -3.42. The van der Waals surface area contributed by atoms with Crippen molar-refractivity contribution in [1.82, 2.24) is 9.97 Å². The van der Waals surface area contributed by atoms with E-state index in [0.29, 0.717) is 39.4 Å². The number of hydrogen-bond acceptors (Lipinski definition) is 5. The van der Waals surface area contributed by atoms with E-state index in [1.165, 1.54) is 23.9 Å². The molecule has 2 heterocycles. The predicted molar refractivity (Wildman–Crippen MR) is 132 cm³/mol. The van der Waals surface area contributed by atoms with Crippen LogP contribution in [0.25, 0.3) is 11.4 Å². The summed E-state index contributed by atoms with van der Waals surface area (Å²) in [6.45, 7) is 2.03. The van der Waals surface area contributed by atoms with Crippen molar-refractivity contribution in [3.05, 3.63) is 94.3 Å². The third kappa shape index (κ3) is 4.90. The normalized spacial score (nSPS) is 11.9. The molecule has 5 rings (SSSR count). The quantitative estimate of drug-likeness (QED) is 0.220. The molecule has 1 aliphatic heterocycles. The molecule has 34 heavy (non-hydrogen) atoms. The van der Waals surface area contributed by atoms with E-state index in [1.807, 2.05) is 19.1 Å². The van der Waals surface area contributed by atoms with Crippen molar-refractivity contribution in [2.45, 2.75) is 18.4 Å². The minimum absolute atomic E-state index is 0.148. The Morgan fingerprint density at radius 2 is 1.85 bits per heavy atom. The molecule has 8 heteroatoms. The molecule has 0 aliphatic carbocycles. The lowest BCUT2D eigenvalue weighted by Crippen LogP contribution is -2.15. The molecule has 0 bridgehead atoms. The third-order valence-corrected chi connectivity index (χ3v) is 6.56. The first kappa shape index (κ1) is 22.4. The fourth-order valence-corrected chi connectivity index (χ4v) is 4.58. The number of anilines is 1. The van der Waals surface area contributed by atoms with Crippen molar-refractivity contribution in [1.29, 1.82) is 0 Å². The van der Waals surface area contributed by atoms with Gasteiger partial charge in [-0.15, -0.1) is 0 Å². The lowest BCUT2D eigenvalue weighted by atomic mass is 10.0. The first-order chi connectivity index (χ1) is 16.4. The number of aryl methyl sites for hydroxylation is 1. The SMILES string of the molecule is Cc1ccc2c(c1)Cc1c(nc(-c3ccc(F)cc3)nc1SCC(=O)Nc1ccc(Cl)cc1)O2. The molecule has 0 spiro atoms. The molecule has 1 amide bonds. The molecule has 0 saturated carbocycles. The van der Waals surface area contributed by atoms with Gasteiger partial charge in [0.2, 0.25) is 11.8 Å². The van der Waals surface area contributed by atoms with Gasteiger partial charge in [0, 0.05) is 22.7 Å². The maximum Gasteiger partial charge on any atom is 0.234 e. The van der Waals surface area contributed by atoms with E-state index >= 15 is 0 Å². The zero-order chi connectivity index (χ0) is 23.7. The summed E-state index contributed by atoms with van der Waals surface area (Å²) >= 11 is 7.23. The highest BCUT2D eigenvalue weighted by Crippen LogP contribution is 2.40. The van der Waals surface area contributed by atoms with E-state index in [1.54, 1.807) is 36.4 Å². The summed E-state index contributed by atoms with van der Waals surface area (Å²) in [6.07, 6.45) is 0.594. The molecule has 3 aromatic carbocycles. The number of amides is 1. The van der Waals surface area contributed by atoms with Gasteiger partial charge in [-0.3, -0.25) is 4.79 Å². The van der Waals surface area contributed by atoms with Crippen LogP contribution in [0.5, 0.6) is 11.6 Å². The van der Waals surface area contributed by atoms with Crippen molar-refractivity contribution in [3.8, 4) is 23.0 Å². The van der Waals surface area contributed by atoms with Gasteiger partial charge < -0.3 is 10.1 Å². The van der Waals surface area contributed by atoms with Gasteiger partial charge in [-0.05, 0) is 67.1 Å². The summed E-state index contributed by atoms with van der Waals surface area (Å²) in [5.41, 5.74) is 4.33. The molecular formula is C26H19ClFN3O2S. The van der Waals surface area contributed by atoms with E-state index in [4.69, 9.17) is 21.3 Å². The number of thioether (sulfide) groups is 1. The van der Waals surface area contributed by atoms with Crippen molar-refractivity contribution in [2.75, 3.05) is 11.1 Å². The van der Waals surface area contributed by atoms with Gasteiger partial charge in [-0.25, -0.2) is 9.37 Å². The van der Waals surface area contributed by atoms with Crippen LogP contribution in [0.4, 0.5) is 10.1 Å². The minimum Gasteiger partial charge on any atom is -0.438 e. The Bertz CT molecular complexity index is 1380. The van der Waals surface area contributed by atoms with Crippen molar-refractivity contribution in [3.63, 3.8) is 0 Å². The molecule has 0 saturated heterocycles. The van der Waals surface area contributed by atoms with Crippen LogP contribution >= 0.6 is 23.4 Å². The second kappa shape index (κ2) is 9.44. The average Bonchev–Trinajstić information content (AvgIpc) is 2.83. The number of carbonyl (C=O) groups excluding carboxylic acids is 1. The van der Waals surface area contributed by atoms with Crippen LogP contribution in [0, 0.1) is 12.7 Å². The lowest BCUT2D eigenvalue weighted by Gasteiger charge is -2.22. The molecule has 170 valence electrons. The monoisotopic (exact) mass is 491 g/mol. The highest BCUT2D eigenvalue weighted by molar-refractivity contribution is 8.00. The number of halogens is 2. The second-order valence-electron chi connectivity index (χ2n) is 7.88. The van der Waals surface area contributed by atoms with Crippen LogP contribution in [-0.4, -0.2) is 21.6 Å². The van der Waals surface area contributed by atoms with Crippen molar-refractivity contribution in [2.24, 2.45) is 0 Å². The average molecular weight is 492 g/mol. The summed E-state index contributed by atoms with van der Waals surface area (Å²) in [5, 5.41) is 4.12. The summed E-state index contributed by atoms with van der Waals surface area (Å²) in [6, 6.07) is 18.9. The van der Waals surface area contributed by atoms with E-state index < -0.39 is 0 Å². The van der Waals surface area contributed by atoms with Gasteiger partial charge in [0.05, 0.1) is 11.3 Å². The summed E-state index contributed by atoms with van der Waals surface area (Å²) in [4.78, 5) is 21.9.